The number of hydrogen-bond donors (Lipinski definition) is 0. The maximum atomic E-state index is 12.6. The first-order chi connectivity index (χ1) is 12.1. The Hall–Kier alpha value is -2.81. The molecule has 0 aliphatic rings. The van der Waals surface area contributed by atoms with Crippen LogP contribution in [0, 0.1) is 0 Å². The van der Waals surface area contributed by atoms with Gasteiger partial charge in [0.25, 0.3) is 5.91 Å². The van der Waals surface area contributed by atoms with Crippen molar-refractivity contribution in [1.29, 1.82) is 0 Å². The van der Waals surface area contributed by atoms with Gasteiger partial charge in [0.15, 0.2) is 11.5 Å². The van der Waals surface area contributed by atoms with Crippen molar-refractivity contribution in [3.63, 3.8) is 0 Å². The Morgan fingerprint density at radius 3 is 2.35 bits per heavy atom. The van der Waals surface area contributed by atoms with Gasteiger partial charge in [-0.2, -0.15) is 8.42 Å². The van der Waals surface area contributed by atoms with Gasteiger partial charge in [-0.15, -0.1) is 0 Å². The second kappa shape index (κ2) is 7.20. The van der Waals surface area contributed by atoms with Crippen molar-refractivity contribution in [1.82, 2.24) is 9.47 Å². The summed E-state index contributed by atoms with van der Waals surface area (Å²) in [5.74, 6) is -0.493. The molecule has 0 saturated carbocycles. The highest BCUT2D eigenvalue weighted by Crippen LogP contribution is 2.28. The van der Waals surface area contributed by atoms with Gasteiger partial charge in [-0.25, -0.2) is 0 Å². The molecule has 8 nitrogen and oxygen atoms in total. The minimum atomic E-state index is -4.25. The van der Waals surface area contributed by atoms with E-state index in [4.69, 9.17) is 8.92 Å². The van der Waals surface area contributed by atoms with E-state index in [2.05, 4.69) is 0 Å². The number of amides is 1. The fourth-order valence-corrected chi connectivity index (χ4v) is 3.28. The van der Waals surface area contributed by atoms with Crippen molar-refractivity contribution in [3.05, 3.63) is 41.7 Å². The lowest BCUT2D eigenvalue weighted by molar-refractivity contribution is 0.0818. The summed E-state index contributed by atoms with van der Waals surface area (Å²) in [7, 11) is 1.85. The molecule has 0 fully saturated rings. The average molecular weight is 380 g/mol. The molecule has 26 heavy (non-hydrogen) atoms. The summed E-state index contributed by atoms with van der Waals surface area (Å²) < 4.78 is 36.9. The minimum absolute atomic E-state index is 0.106. The molecule has 2 rings (SSSR count). The van der Waals surface area contributed by atoms with Crippen molar-refractivity contribution in [2.45, 2.75) is 11.8 Å². The van der Waals surface area contributed by atoms with Gasteiger partial charge in [-0.3, -0.25) is 9.59 Å². The number of ketones is 1. The SMILES string of the molecule is COc1ccc(C(C)=O)c(OS(=O)(=O)c2cc(C(=O)N(C)C)n(C)c2)c1. The normalized spacial score (nSPS) is 11.1. The smallest absolute Gasteiger partial charge is 0.340 e. The van der Waals surface area contributed by atoms with Gasteiger partial charge in [0.2, 0.25) is 0 Å². The van der Waals surface area contributed by atoms with Crippen LogP contribution in [0.2, 0.25) is 0 Å². The summed E-state index contributed by atoms with van der Waals surface area (Å²) in [6, 6.07) is 5.51. The lowest BCUT2D eigenvalue weighted by Crippen LogP contribution is -2.23. The molecule has 0 saturated heterocycles. The molecule has 1 aromatic carbocycles. The maximum Gasteiger partial charge on any atom is 0.340 e. The second-order valence-corrected chi connectivity index (χ2v) is 7.37. The van der Waals surface area contributed by atoms with Crippen LogP contribution in [0.4, 0.5) is 0 Å². The van der Waals surface area contributed by atoms with Crippen LogP contribution in [0.15, 0.2) is 35.4 Å². The number of Topliss-reactive ketones (excluding diaryl/α,β-unsaturated/α-hetero) is 1. The van der Waals surface area contributed by atoms with Crippen LogP contribution >= 0.6 is 0 Å². The Morgan fingerprint density at radius 1 is 1.15 bits per heavy atom. The van der Waals surface area contributed by atoms with Crippen molar-refractivity contribution in [3.8, 4) is 11.5 Å². The van der Waals surface area contributed by atoms with E-state index < -0.39 is 10.1 Å². The molecule has 0 spiro atoms. The van der Waals surface area contributed by atoms with Gasteiger partial charge >= 0.3 is 10.1 Å². The van der Waals surface area contributed by atoms with Crippen LogP contribution in [0.25, 0.3) is 0 Å². The number of rotatable bonds is 6. The second-order valence-electron chi connectivity index (χ2n) is 5.83. The van der Waals surface area contributed by atoms with E-state index in [9.17, 15) is 18.0 Å². The van der Waals surface area contributed by atoms with Crippen molar-refractivity contribution >= 4 is 21.8 Å². The van der Waals surface area contributed by atoms with Crippen LogP contribution in [0.3, 0.4) is 0 Å². The molecule has 0 unspecified atom stereocenters. The van der Waals surface area contributed by atoms with Gasteiger partial charge in [0.1, 0.15) is 16.3 Å². The van der Waals surface area contributed by atoms with Crippen LogP contribution in [-0.2, 0) is 17.2 Å². The molecule has 1 amide bonds. The van der Waals surface area contributed by atoms with E-state index in [-0.39, 0.29) is 33.6 Å². The third kappa shape index (κ3) is 3.88. The van der Waals surface area contributed by atoms with Gasteiger partial charge < -0.3 is 18.4 Å². The predicted octanol–water partition coefficient (Wildman–Crippen LogP) is 1.71. The number of aromatic nitrogens is 1. The maximum absolute atomic E-state index is 12.6. The summed E-state index contributed by atoms with van der Waals surface area (Å²) in [4.78, 5) is 25.0. The van der Waals surface area contributed by atoms with Crippen LogP contribution in [0.5, 0.6) is 11.5 Å². The number of methoxy groups -OCH3 is 1. The Balaban J connectivity index is 2.46. The average Bonchev–Trinajstić information content (AvgIpc) is 2.95. The summed E-state index contributed by atoms with van der Waals surface area (Å²) >= 11 is 0. The zero-order valence-corrected chi connectivity index (χ0v) is 16.0. The molecule has 0 aliphatic heterocycles. The molecule has 1 heterocycles. The zero-order valence-electron chi connectivity index (χ0n) is 15.1. The number of ether oxygens (including phenoxy) is 1. The Kier molecular flexibility index (Phi) is 5.41. The van der Waals surface area contributed by atoms with Crippen molar-refractivity contribution in [2.75, 3.05) is 21.2 Å². The molecule has 0 aliphatic carbocycles. The first-order valence-electron chi connectivity index (χ1n) is 7.58. The van der Waals surface area contributed by atoms with Crippen molar-refractivity contribution < 1.29 is 26.9 Å². The molecular formula is C17H20N2O6S. The molecule has 0 atom stereocenters. The Bertz CT molecular complexity index is 960. The quantitative estimate of drug-likeness (QED) is 0.559. The molecule has 0 N–H and O–H groups in total. The van der Waals surface area contributed by atoms with E-state index in [1.54, 1.807) is 21.1 Å². The predicted molar refractivity (Wildman–Crippen MR) is 94.2 cm³/mol. The van der Waals surface area contributed by atoms with E-state index in [0.29, 0.717) is 5.75 Å². The number of carbonyl (C=O) groups is 2. The van der Waals surface area contributed by atoms with Crippen molar-refractivity contribution in [2.24, 2.45) is 7.05 Å². The monoisotopic (exact) mass is 380 g/mol. The fourth-order valence-electron chi connectivity index (χ4n) is 2.27. The summed E-state index contributed by atoms with van der Waals surface area (Å²) in [6.45, 7) is 1.30. The first-order valence-corrected chi connectivity index (χ1v) is 8.99. The van der Waals surface area contributed by atoms with E-state index in [0.717, 1.165) is 0 Å². The van der Waals surface area contributed by atoms with E-state index in [1.807, 2.05) is 0 Å². The van der Waals surface area contributed by atoms with Crippen LogP contribution in [-0.4, -0.2) is 50.8 Å². The number of carbonyl (C=O) groups excluding carboxylic acids is 2. The number of nitrogens with zero attached hydrogens (tertiary/aromatic N) is 2. The standard InChI is InChI=1S/C17H20N2O6S/c1-11(20)14-7-6-12(24-5)8-16(14)25-26(22,23)13-9-15(19(4)10-13)17(21)18(2)3/h6-10H,1-5H3. The molecule has 140 valence electrons. The Morgan fingerprint density at radius 2 is 1.81 bits per heavy atom. The lowest BCUT2D eigenvalue weighted by atomic mass is 10.1. The van der Waals surface area contributed by atoms with Gasteiger partial charge in [0, 0.05) is 33.4 Å². The molecule has 1 aromatic heterocycles. The third-order valence-electron chi connectivity index (χ3n) is 3.66. The van der Waals surface area contributed by atoms with Gasteiger partial charge in [-0.1, -0.05) is 0 Å². The summed E-state index contributed by atoms with van der Waals surface area (Å²) in [6.07, 6.45) is 1.28. The number of benzene rings is 1. The largest absolute Gasteiger partial charge is 0.497 e. The number of hydrogen-bond acceptors (Lipinski definition) is 6. The zero-order chi connectivity index (χ0) is 19.6. The lowest BCUT2D eigenvalue weighted by Gasteiger charge is -2.10. The van der Waals surface area contributed by atoms with Crippen LogP contribution < -0.4 is 8.92 Å². The third-order valence-corrected chi connectivity index (χ3v) is 4.86. The topological polar surface area (TPSA) is 94.9 Å². The van der Waals surface area contributed by atoms with Gasteiger partial charge in [-0.05, 0) is 25.1 Å². The van der Waals surface area contributed by atoms with Crippen LogP contribution in [0.1, 0.15) is 27.8 Å². The first kappa shape index (κ1) is 19.5. The highest BCUT2D eigenvalue weighted by atomic mass is 32.2. The molecular weight excluding hydrogens is 360 g/mol. The highest BCUT2D eigenvalue weighted by Gasteiger charge is 2.25. The molecule has 9 heteroatoms. The Labute approximate surface area is 152 Å². The van der Waals surface area contributed by atoms with E-state index >= 15 is 0 Å². The molecule has 2 aromatic rings. The van der Waals surface area contributed by atoms with Gasteiger partial charge in [0.05, 0.1) is 12.7 Å². The summed E-state index contributed by atoms with van der Waals surface area (Å²) in [5, 5.41) is 0. The molecule has 0 bridgehead atoms. The summed E-state index contributed by atoms with van der Waals surface area (Å²) in [5.41, 5.74) is 0.296. The fraction of sp³-hybridized carbons (Fsp3) is 0.294. The number of aryl methyl sites for hydroxylation is 1. The minimum Gasteiger partial charge on any atom is -0.497 e. The van der Waals surface area contributed by atoms with E-state index in [1.165, 1.54) is 54.0 Å². The highest BCUT2D eigenvalue weighted by molar-refractivity contribution is 7.87. The molecule has 0 radical (unpaired) electrons.